The van der Waals surface area contributed by atoms with E-state index in [1.807, 2.05) is 0 Å². The zero-order valence-electron chi connectivity index (χ0n) is 10.6. The van der Waals surface area contributed by atoms with Crippen LogP contribution in [0.3, 0.4) is 0 Å². The molecule has 0 amide bonds. The molecule has 0 bridgehead atoms. The van der Waals surface area contributed by atoms with E-state index in [1.165, 1.54) is 25.7 Å². The minimum atomic E-state index is 0.749. The fourth-order valence-corrected chi connectivity index (χ4v) is 3.03. The van der Waals surface area contributed by atoms with Crippen molar-refractivity contribution in [3.05, 3.63) is 11.1 Å². The molecule has 0 unspecified atom stereocenters. The van der Waals surface area contributed by atoms with Crippen molar-refractivity contribution < 1.29 is 0 Å². The van der Waals surface area contributed by atoms with Gasteiger partial charge in [0.25, 0.3) is 0 Å². The number of hydrogen-bond acceptors (Lipinski definition) is 0. The van der Waals surface area contributed by atoms with Gasteiger partial charge in [0.2, 0.25) is 0 Å². The fourth-order valence-electron chi connectivity index (χ4n) is 3.03. The van der Waals surface area contributed by atoms with Crippen molar-refractivity contribution in [1.82, 2.24) is 0 Å². The number of allylic oxidation sites excluding steroid dienone is 2. The summed E-state index contributed by atoms with van der Waals surface area (Å²) >= 11 is 0. The molecule has 1 fully saturated rings. The Kier molecular flexibility index (Phi) is 4.22. The van der Waals surface area contributed by atoms with Gasteiger partial charge in [-0.2, -0.15) is 0 Å². The van der Waals surface area contributed by atoms with E-state index >= 15 is 0 Å². The average molecular weight is 194 g/mol. The van der Waals surface area contributed by atoms with Crippen molar-refractivity contribution in [2.75, 3.05) is 0 Å². The van der Waals surface area contributed by atoms with Crippen LogP contribution in [0.2, 0.25) is 0 Å². The second-order valence-corrected chi connectivity index (χ2v) is 5.57. The molecule has 0 N–H and O–H groups in total. The monoisotopic (exact) mass is 194 g/mol. The van der Waals surface area contributed by atoms with E-state index in [2.05, 4.69) is 34.6 Å². The van der Waals surface area contributed by atoms with Crippen molar-refractivity contribution in [3.8, 4) is 0 Å². The van der Waals surface area contributed by atoms with Crippen LogP contribution < -0.4 is 0 Å². The Labute approximate surface area is 89.8 Å². The minimum absolute atomic E-state index is 0.749. The lowest BCUT2D eigenvalue weighted by atomic mass is 9.75. The molecule has 1 aliphatic rings. The summed E-state index contributed by atoms with van der Waals surface area (Å²) in [4.78, 5) is 0. The third kappa shape index (κ3) is 2.87. The summed E-state index contributed by atoms with van der Waals surface area (Å²) in [5.41, 5.74) is 3.32. The Morgan fingerprint density at radius 3 is 1.86 bits per heavy atom. The van der Waals surface area contributed by atoms with Crippen LogP contribution in [-0.2, 0) is 0 Å². The zero-order chi connectivity index (χ0) is 10.7. The first kappa shape index (κ1) is 11.8. The maximum absolute atomic E-state index is 2.40. The van der Waals surface area contributed by atoms with Gasteiger partial charge < -0.3 is 0 Å². The molecule has 1 saturated carbocycles. The van der Waals surface area contributed by atoms with E-state index in [9.17, 15) is 0 Å². The average Bonchev–Trinajstić information content (AvgIpc) is 2.07. The van der Waals surface area contributed by atoms with Crippen molar-refractivity contribution >= 4 is 0 Å². The number of hydrogen-bond donors (Lipinski definition) is 0. The molecule has 0 spiro atoms. The Bertz CT molecular complexity index is 198. The highest BCUT2D eigenvalue weighted by atomic mass is 14.3. The van der Waals surface area contributed by atoms with Gasteiger partial charge in [-0.25, -0.2) is 0 Å². The van der Waals surface area contributed by atoms with Crippen molar-refractivity contribution in [1.29, 1.82) is 0 Å². The Morgan fingerprint density at radius 1 is 1.00 bits per heavy atom. The quantitative estimate of drug-likeness (QED) is 0.554. The summed E-state index contributed by atoms with van der Waals surface area (Å²) in [6, 6.07) is 0. The van der Waals surface area contributed by atoms with Gasteiger partial charge in [0.05, 0.1) is 0 Å². The first-order chi connectivity index (χ1) is 6.52. The first-order valence-electron chi connectivity index (χ1n) is 6.19. The van der Waals surface area contributed by atoms with Crippen LogP contribution in [-0.4, -0.2) is 0 Å². The van der Waals surface area contributed by atoms with E-state index in [1.54, 1.807) is 11.1 Å². The molecule has 14 heavy (non-hydrogen) atoms. The van der Waals surface area contributed by atoms with Gasteiger partial charge >= 0.3 is 0 Å². The van der Waals surface area contributed by atoms with E-state index in [-0.39, 0.29) is 0 Å². The van der Waals surface area contributed by atoms with Gasteiger partial charge in [0, 0.05) is 0 Å². The molecule has 0 radical (unpaired) electrons. The molecule has 0 atom stereocenters. The molecule has 1 rings (SSSR count). The van der Waals surface area contributed by atoms with Gasteiger partial charge in [-0.05, 0) is 44.4 Å². The lowest BCUT2D eigenvalue weighted by molar-refractivity contribution is 0.306. The maximum atomic E-state index is 2.40. The van der Waals surface area contributed by atoms with Gasteiger partial charge in [-0.3, -0.25) is 0 Å². The van der Waals surface area contributed by atoms with Gasteiger partial charge in [-0.1, -0.05) is 44.8 Å². The second kappa shape index (κ2) is 5.00. The third-order valence-corrected chi connectivity index (χ3v) is 3.66. The van der Waals surface area contributed by atoms with Crippen molar-refractivity contribution in [3.63, 3.8) is 0 Å². The predicted octanol–water partition coefficient (Wildman–Crippen LogP) is 4.81. The van der Waals surface area contributed by atoms with Crippen LogP contribution in [0.25, 0.3) is 0 Å². The number of rotatable bonds is 2. The van der Waals surface area contributed by atoms with E-state index in [0.717, 1.165) is 17.8 Å². The lowest BCUT2D eigenvalue weighted by Gasteiger charge is -2.31. The van der Waals surface area contributed by atoms with Crippen LogP contribution >= 0.6 is 0 Å². The predicted molar refractivity (Wildman–Crippen MR) is 64.3 cm³/mol. The largest absolute Gasteiger partial charge is 0.0767 e. The molecule has 0 heteroatoms. The highest BCUT2D eigenvalue weighted by Gasteiger charge is 2.23. The minimum Gasteiger partial charge on any atom is -0.0767 e. The van der Waals surface area contributed by atoms with Crippen molar-refractivity contribution in [2.45, 2.75) is 60.3 Å². The highest BCUT2D eigenvalue weighted by Crippen LogP contribution is 2.37. The lowest BCUT2D eigenvalue weighted by Crippen LogP contribution is -2.17. The normalized spacial score (nSPS) is 27.9. The highest BCUT2D eigenvalue weighted by molar-refractivity contribution is 5.16. The van der Waals surface area contributed by atoms with Crippen LogP contribution in [0.4, 0.5) is 0 Å². The third-order valence-electron chi connectivity index (χ3n) is 3.66. The molecule has 0 heterocycles. The Hall–Kier alpha value is -0.260. The molecule has 0 aliphatic heterocycles. The van der Waals surface area contributed by atoms with E-state index in [4.69, 9.17) is 0 Å². The Morgan fingerprint density at radius 2 is 1.50 bits per heavy atom. The molecule has 82 valence electrons. The van der Waals surface area contributed by atoms with Crippen molar-refractivity contribution in [2.24, 2.45) is 17.8 Å². The van der Waals surface area contributed by atoms with Crippen LogP contribution in [0.1, 0.15) is 60.3 Å². The second-order valence-electron chi connectivity index (χ2n) is 5.57. The maximum Gasteiger partial charge on any atom is -0.0198 e. The molecular weight excluding hydrogens is 168 g/mol. The fraction of sp³-hybridized carbons (Fsp3) is 0.857. The zero-order valence-corrected chi connectivity index (χ0v) is 10.6. The molecule has 0 saturated heterocycles. The summed E-state index contributed by atoms with van der Waals surface area (Å²) in [6.45, 7) is 11.7. The molecule has 0 aromatic carbocycles. The smallest absolute Gasteiger partial charge is 0.0198 e. The summed E-state index contributed by atoms with van der Waals surface area (Å²) in [5.74, 6) is 2.62. The van der Waals surface area contributed by atoms with Crippen LogP contribution in [0, 0.1) is 17.8 Å². The SMILES string of the molecule is CC(C)=C(C(C)C)C1CCC(C)CC1. The standard InChI is InChI=1S/C14H26/c1-10(2)14(11(3)4)13-8-6-12(5)7-9-13/h10,12-13H,6-9H2,1-5H3. The van der Waals surface area contributed by atoms with Crippen LogP contribution in [0.5, 0.6) is 0 Å². The molecule has 0 aromatic rings. The first-order valence-corrected chi connectivity index (χ1v) is 6.19. The topological polar surface area (TPSA) is 0 Å². The van der Waals surface area contributed by atoms with E-state index < -0.39 is 0 Å². The summed E-state index contributed by atoms with van der Waals surface area (Å²) in [7, 11) is 0. The van der Waals surface area contributed by atoms with Gasteiger partial charge in [0.15, 0.2) is 0 Å². The van der Waals surface area contributed by atoms with Crippen LogP contribution in [0.15, 0.2) is 11.1 Å². The Balaban J connectivity index is 2.67. The molecule has 0 nitrogen and oxygen atoms in total. The van der Waals surface area contributed by atoms with E-state index in [0.29, 0.717) is 0 Å². The summed E-state index contributed by atoms with van der Waals surface area (Å²) in [5, 5.41) is 0. The molecule has 0 aromatic heterocycles. The summed E-state index contributed by atoms with van der Waals surface area (Å²) < 4.78 is 0. The molecule has 1 aliphatic carbocycles. The van der Waals surface area contributed by atoms with Gasteiger partial charge in [-0.15, -0.1) is 0 Å². The van der Waals surface area contributed by atoms with Gasteiger partial charge in [0.1, 0.15) is 0 Å². The summed E-state index contributed by atoms with van der Waals surface area (Å²) in [6.07, 6.45) is 5.74. The molecular formula is C14H26.